The zero-order valence-electron chi connectivity index (χ0n) is 14.8. The van der Waals surface area contributed by atoms with Crippen molar-refractivity contribution >= 4 is 16.9 Å². The average Bonchev–Trinajstić information content (AvgIpc) is 2.65. The first-order valence-corrected chi connectivity index (χ1v) is 8.07. The van der Waals surface area contributed by atoms with Crippen LogP contribution in [0.1, 0.15) is 21.5 Å². The molecule has 1 amide bonds. The van der Waals surface area contributed by atoms with Gasteiger partial charge in [0.05, 0.1) is 7.11 Å². The highest BCUT2D eigenvalue weighted by Gasteiger charge is 2.20. The van der Waals surface area contributed by atoms with Crippen LogP contribution < -0.4 is 25.2 Å². The van der Waals surface area contributed by atoms with Crippen LogP contribution in [-0.4, -0.2) is 25.1 Å². The van der Waals surface area contributed by atoms with E-state index in [-0.39, 0.29) is 5.56 Å². The fourth-order valence-corrected chi connectivity index (χ4v) is 2.66. The first-order chi connectivity index (χ1) is 12.5. The Morgan fingerprint density at radius 1 is 1.19 bits per heavy atom. The third-order valence-corrected chi connectivity index (χ3v) is 4.10. The van der Waals surface area contributed by atoms with E-state index in [1.807, 2.05) is 31.2 Å². The number of ether oxygens (including phenoxy) is 1. The van der Waals surface area contributed by atoms with Crippen molar-refractivity contribution in [3.63, 3.8) is 0 Å². The van der Waals surface area contributed by atoms with E-state index in [0.29, 0.717) is 23.3 Å². The van der Waals surface area contributed by atoms with Gasteiger partial charge in [0.2, 0.25) is 0 Å². The van der Waals surface area contributed by atoms with Gasteiger partial charge in [-0.2, -0.15) is 0 Å². The second-order valence-corrected chi connectivity index (χ2v) is 5.84. The number of amides is 1. The molecular formula is C19H20N3O4+. The summed E-state index contributed by atoms with van der Waals surface area (Å²) in [5, 5.41) is 3.34. The number of hydrogen-bond donors (Lipinski definition) is 2. The number of nitrogens with zero attached hydrogens (tertiary/aromatic N) is 1. The maximum Gasteiger partial charge on any atom is 0.344 e. The van der Waals surface area contributed by atoms with Gasteiger partial charge < -0.3 is 14.9 Å². The third kappa shape index (κ3) is 3.37. The van der Waals surface area contributed by atoms with Gasteiger partial charge in [-0.1, -0.05) is 29.8 Å². The van der Waals surface area contributed by atoms with Crippen molar-refractivity contribution in [3.8, 4) is 5.75 Å². The Hall–Kier alpha value is -3.35. The van der Waals surface area contributed by atoms with Crippen LogP contribution >= 0.6 is 0 Å². The van der Waals surface area contributed by atoms with Gasteiger partial charge in [-0.15, -0.1) is 0 Å². The summed E-state index contributed by atoms with van der Waals surface area (Å²) in [5.41, 5.74) is 2.02. The molecule has 1 aromatic carbocycles. The monoisotopic (exact) mass is 354 g/mol. The van der Waals surface area contributed by atoms with Crippen molar-refractivity contribution in [1.82, 2.24) is 10.3 Å². The van der Waals surface area contributed by atoms with E-state index >= 15 is 0 Å². The lowest BCUT2D eigenvalue weighted by atomic mass is 10.1. The van der Waals surface area contributed by atoms with Gasteiger partial charge in [0.1, 0.15) is 30.0 Å². The molecule has 0 atom stereocenters. The number of carbonyl (C=O) groups is 1. The molecule has 7 heteroatoms. The number of carbonyl (C=O) groups excluding carboxylic acids is 1. The molecule has 3 rings (SSSR count). The second-order valence-electron chi connectivity index (χ2n) is 5.84. The lowest BCUT2D eigenvalue weighted by Gasteiger charge is -2.07. The van der Waals surface area contributed by atoms with Crippen LogP contribution in [0.3, 0.4) is 0 Å². The lowest BCUT2D eigenvalue weighted by Crippen LogP contribution is -2.43. The molecule has 2 N–H and O–H groups in total. The highest BCUT2D eigenvalue weighted by Crippen LogP contribution is 2.20. The number of hydrogen-bond acceptors (Lipinski definition) is 4. The summed E-state index contributed by atoms with van der Waals surface area (Å²) in [5.74, 6) is 0.0701. The molecule has 0 aliphatic rings. The summed E-state index contributed by atoms with van der Waals surface area (Å²) in [6, 6.07) is 11.0. The number of pyridine rings is 2. The zero-order chi connectivity index (χ0) is 18.7. The maximum absolute atomic E-state index is 12.5. The standard InChI is InChI=1S/C19H19N3O4/c1-12-4-6-13(7-5-12)11-20-18(23)15-10-14-16(25-2)8-9-22(26-3)17(14)21-19(15)24/h4-10H,11H2,1-3H3,(H,20,23)/p+1. The van der Waals surface area contributed by atoms with Crippen molar-refractivity contribution in [2.45, 2.75) is 13.5 Å². The average molecular weight is 354 g/mol. The topological polar surface area (TPSA) is 84.3 Å². The smallest absolute Gasteiger partial charge is 0.344 e. The van der Waals surface area contributed by atoms with Crippen LogP contribution in [0.4, 0.5) is 0 Å². The van der Waals surface area contributed by atoms with Crippen LogP contribution in [0.5, 0.6) is 5.75 Å². The van der Waals surface area contributed by atoms with Gasteiger partial charge in [-0.05, 0) is 23.3 Å². The largest absolute Gasteiger partial charge is 0.496 e. The highest BCUT2D eigenvalue weighted by molar-refractivity contribution is 5.97. The molecule has 0 unspecified atom stereocenters. The number of aromatic nitrogens is 2. The normalized spacial score (nSPS) is 10.6. The van der Waals surface area contributed by atoms with Gasteiger partial charge >= 0.3 is 11.2 Å². The molecule has 2 aromatic heterocycles. The number of methoxy groups -OCH3 is 1. The fourth-order valence-electron chi connectivity index (χ4n) is 2.66. The van der Waals surface area contributed by atoms with Crippen LogP contribution in [0, 0.1) is 6.92 Å². The maximum atomic E-state index is 12.5. The molecule has 0 bridgehead atoms. The molecule has 0 aliphatic heterocycles. The molecule has 0 fully saturated rings. The molecule has 0 saturated heterocycles. The number of nitrogens with one attached hydrogen (secondary N) is 2. The molecule has 7 nitrogen and oxygen atoms in total. The number of aromatic amines is 1. The van der Waals surface area contributed by atoms with Crippen LogP contribution in [-0.2, 0) is 6.54 Å². The minimum atomic E-state index is -0.502. The predicted molar refractivity (Wildman–Crippen MR) is 96.2 cm³/mol. The number of aryl methyl sites for hydroxylation is 1. The van der Waals surface area contributed by atoms with Crippen molar-refractivity contribution < 1.29 is 19.1 Å². The molecular weight excluding hydrogens is 334 g/mol. The first kappa shape index (κ1) is 17.5. The van der Waals surface area contributed by atoms with Gasteiger partial charge in [0.25, 0.3) is 5.91 Å². The van der Waals surface area contributed by atoms with E-state index in [9.17, 15) is 9.59 Å². The summed E-state index contributed by atoms with van der Waals surface area (Å²) in [4.78, 5) is 32.7. The van der Waals surface area contributed by atoms with Crippen LogP contribution in [0.25, 0.3) is 11.0 Å². The van der Waals surface area contributed by atoms with E-state index in [2.05, 4.69) is 10.3 Å². The molecule has 2 heterocycles. The quantitative estimate of drug-likeness (QED) is 0.673. The van der Waals surface area contributed by atoms with E-state index < -0.39 is 11.5 Å². The Balaban J connectivity index is 1.93. The molecule has 0 saturated carbocycles. The summed E-state index contributed by atoms with van der Waals surface area (Å²) in [6.45, 7) is 2.33. The van der Waals surface area contributed by atoms with Crippen LogP contribution in [0.2, 0.25) is 0 Å². The lowest BCUT2D eigenvalue weighted by molar-refractivity contribution is -0.866. The number of H-pyrrole nitrogens is 1. The predicted octanol–water partition coefficient (Wildman–Crippen LogP) is 1.12. The Morgan fingerprint density at radius 3 is 2.58 bits per heavy atom. The molecule has 3 aromatic rings. The van der Waals surface area contributed by atoms with Gasteiger partial charge in [-0.25, -0.2) is 9.78 Å². The van der Waals surface area contributed by atoms with E-state index in [4.69, 9.17) is 9.57 Å². The number of benzene rings is 1. The highest BCUT2D eigenvalue weighted by atomic mass is 16.6. The second kappa shape index (κ2) is 7.26. The molecule has 0 aliphatic carbocycles. The Kier molecular flexibility index (Phi) is 4.88. The Labute approximate surface area is 150 Å². The fraction of sp³-hybridized carbons (Fsp3) is 0.211. The van der Waals surface area contributed by atoms with E-state index in [1.54, 1.807) is 12.3 Å². The SMILES string of the molecule is COc1cc[n+](OC)c2[nH]c(=O)c(C(=O)NCc3ccc(C)cc3)cc12. The van der Waals surface area contributed by atoms with E-state index in [0.717, 1.165) is 11.1 Å². The summed E-state index contributed by atoms with van der Waals surface area (Å²) >= 11 is 0. The minimum absolute atomic E-state index is 0.0109. The van der Waals surface area contributed by atoms with Crippen molar-refractivity contribution in [1.29, 1.82) is 0 Å². The van der Waals surface area contributed by atoms with Crippen LogP contribution in [0.15, 0.2) is 47.4 Å². The third-order valence-electron chi connectivity index (χ3n) is 4.10. The Bertz CT molecular complexity index is 1010. The molecule has 0 radical (unpaired) electrons. The number of rotatable bonds is 5. The summed E-state index contributed by atoms with van der Waals surface area (Å²) in [7, 11) is 3.00. The summed E-state index contributed by atoms with van der Waals surface area (Å²) in [6.07, 6.45) is 1.62. The van der Waals surface area contributed by atoms with Gasteiger partial charge in [-0.3, -0.25) is 4.79 Å². The molecule has 26 heavy (non-hydrogen) atoms. The van der Waals surface area contributed by atoms with Gasteiger partial charge in [0.15, 0.2) is 0 Å². The van der Waals surface area contributed by atoms with E-state index in [1.165, 1.54) is 25.0 Å². The minimum Gasteiger partial charge on any atom is -0.496 e. The van der Waals surface area contributed by atoms with Gasteiger partial charge in [0, 0.05) is 12.6 Å². The first-order valence-electron chi connectivity index (χ1n) is 8.07. The number of fused-ring (bicyclic) bond motifs is 1. The molecule has 0 spiro atoms. The van der Waals surface area contributed by atoms with Crippen molar-refractivity contribution in [3.05, 3.63) is 69.6 Å². The zero-order valence-corrected chi connectivity index (χ0v) is 14.8. The summed E-state index contributed by atoms with van der Waals surface area (Å²) < 4.78 is 6.72. The Morgan fingerprint density at radius 2 is 1.92 bits per heavy atom. The van der Waals surface area contributed by atoms with Crippen molar-refractivity contribution in [2.24, 2.45) is 0 Å². The molecule has 134 valence electrons. The van der Waals surface area contributed by atoms with Crippen molar-refractivity contribution in [2.75, 3.05) is 14.2 Å².